The number of carboxylic acid groups (broad SMARTS) is 1. The summed E-state index contributed by atoms with van der Waals surface area (Å²) < 4.78 is 19.8. The maximum Gasteiger partial charge on any atom is 0.335 e. The van der Waals surface area contributed by atoms with E-state index in [4.69, 9.17) is 9.66 Å². The Morgan fingerprint density at radius 2 is 2.00 bits per heavy atom. The lowest BCUT2D eigenvalue weighted by atomic mass is 10.2. The number of benzene rings is 1. The largest absolute Gasteiger partial charge is 0.478 e. The molecule has 70 valence electrons. The van der Waals surface area contributed by atoms with Crippen LogP contribution in [0.1, 0.15) is 10.4 Å². The van der Waals surface area contributed by atoms with Crippen molar-refractivity contribution in [1.29, 1.82) is 0 Å². The molecule has 0 amide bonds. The lowest BCUT2D eigenvalue weighted by molar-refractivity contribution is 0.0696. The summed E-state index contributed by atoms with van der Waals surface area (Å²) in [6.07, 6.45) is 0. The highest BCUT2D eigenvalue weighted by Gasteiger charge is 2.08. The van der Waals surface area contributed by atoms with Crippen molar-refractivity contribution in [3.05, 3.63) is 28.2 Å². The van der Waals surface area contributed by atoms with E-state index in [0.29, 0.717) is 4.47 Å². The average molecular weight is 265 g/mol. The summed E-state index contributed by atoms with van der Waals surface area (Å²) in [5, 5.41) is 8.61. The van der Waals surface area contributed by atoms with Gasteiger partial charge in [-0.1, -0.05) is 15.9 Å². The van der Waals surface area contributed by atoms with Crippen LogP contribution in [-0.2, 0) is 11.1 Å². The quantitative estimate of drug-likeness (QED) is 0.798. The zero-order valence-electron chi connectivity index (χ0n) is 6.23. The van der Waals surface area contributed by atoms with Crippen molar-refractivity contribution >= 4 is 33.0 Å². The molecule has 0 fully saturated rings. The Bertz CT molecular complexity index is 345. The van der Waals surface area contributed by atoms with Gasteiger partial charge in [-0.2, -0.15) is 0 Å². The minimum Gasteiger partial charge on any atom is -0.478 e. The predicted molar refractivity (Wildman–Crippen MR) is 50.1 cm³/mol. The number of rotatable bonds is 2. The molecule has 0 bridgehead atoms. The summed E-state index contributed by atoms with van der Waals surface area (Å²) in [6, 6.07) is 3.91. The molecular weight excluding hydrogens is 260 g/mol. The molecule has 1 atom stereocenters. The van der Waals surface area contributed by atoms with E-state index in [9.17, 15) is 9.00 Å². The molecule has 1 aromatic rings. The van der Waals surface area contributed by atoms with Crippen molar-refractivity contribution in [2.45, 2.75) is 4.90 Å². The molecule has 0 saturated carbocycles. The normalized spacial score (nSPS) is 12.5. The van der Waals surface area contributed by atoms with Gasteiger partial charge in [0, 0.05) is 4.47 Å². The van der Waals surface area contributed by atoms with Crippen LogP contribution in [0.5, 0.6) is 0 Å². The maximum absolute atomic E-state index is 10.6. The second-order valence-electron chi connectivity index (χ2n) is 2.23. The molecule has 0 saturated heterocycles. The Morgan fingerprint density at radius 1 is 1.38 bits per heavy atom. The van der Waals surface area contributed by atoms with Gasteiger partial charge in [-0.05, 0) is 18.2 Å². The highest BCUT2D eigenvalue weighted by atomic mass is 79.9. The van der Waals surface area contributed by atoms with E-state index in [1.165, 1.54) is 12.1 Å². The van der Waals surface area contributed by atoms with E-state index < -0.39 is 17.0 Å². The second kappa shape index (κ2) is 3.99. The first-order valence-corrected chi connectivity index (χ1v) is 5.05. The van der Waals surface area contributed by atoms with Gasteiger partial charge in [-0.3, -0.25) is 0 Å². The molecule has 0 aliphatic heterocycles. The van der Waals surface area contributed by atoms with E-state index in [2.05, 4.69) is 15.9 Å². The molecule has 0 heterocycles. The molecular formula is C7H5BrO4S. The van der Waals surface area contributed by atoms with Gasteiger partial charge in [-0.25, -0.2) is 9.00 Å². The molecule has 0 aliphatic rings. The zero-order valence-corrected chi connectivity index (χ0v) is 8.63. The van der Waals surface area contributed by atoms with Crippen LogP contribution in [0.25, 0.3) is 0 Å². The van der Waals surface area contributed by atoms with E-state index >= 15 is 0 Å². The lowest BCUT2D eigenvalue weighted by Crippen LogP contribution is -1.98. The first-order valence-electron chi connectivity index (χ1n) is 3.15. The molecule has 4 nitrogen and oxygen atoms in total. The molecule has 6 heteroatoms. The molecule has 2 N–H and O–H groups in total. The number of hydrogen-bond acceptors (Lipinski definition) is 2. The minimum absolute atomic E-state index is 0.0215. The molecule has 1 unspecified atom stereocenters. The Balaban J connectivity index is 3.26. The molecule has 1 rings (SSSR count). The predicted octanol–water partition coefficient (Wildman–Crippen LogP) is 1.73. The summed E-state index contributed by atoms with van der Waals surface area (Å²) in [7, 11) is 0. The van der Waals surface area contributed by atoms with Gasteiger partial charge in [0.2, 0.25) is 0 Å². The van der Waals surface area contributed by atoms with E-state index in [1.54, 1.807) is 0 Å². The van der Waals surface area contributed by atoms with Crippen LogP contribution in [0, 0.1) is 0 Å². The van der Waals surface area contributed by atoms with Crippen LogP contribution in [0.2, 0.25) is 0 Å². The fraction of sp³-hybridized carbons (Fsp3) is 0. The summed E-state index contributed by atoms with van der Waals surface area (Å²) in [5.41, 5.74) is -0.0215. The zero-order chi connectivity index (χ0) is 10.0. The van der Waals surface area contributed by atoms with Gasteiger partial charge in [0.05, 0.1) is 10.5 Å². The Kier molecular flexibility index (Phi) is 3.18. The van der Waals surface area contributed by atoms with Crippen molar-refractivity contribution in [3.8, 4) is 0 Å². The van der Waals surface area contributed by atoms with Gasteiger partial charge in [0.1, 0.15) is 0 Å². The molecule has 1 aromatic carbocycles. The van der Waals surface area contributed by atoms with Crippen LogP contribution in [0.3, 0.4) is 0 Å². The van der Waals surface area contributed by atoms with Gasteiger partial charge in [0.25, 0.3) is 0 Å². The monoisotopic (exact) mass is 264 g/mol. The smallest absolute Gasteiger partial charge is 0.335 e. The number of hydrogen-bond donors (Lipinski definition) is 2. The summed E-state index contributed by atoms with van der Waals surface area (Å²) in [6.45, 7) is 0. The molecule has 13 heavy (non-hydrogen) atoms. The van der Waals surface area contributed by atoms with Gasteiger partial charge in [-0.15, -0.1) is 0 Å². The third kappa shape index (κ3) is 2.61. The maximum atomic E-state index is 10.6. The van der Waals surface area contributed by atoms with Crippen LogP contribution >= 0.6 is 15.9 Å². The van der Waals surface area contributed by atoms with Crippen molar-refractivity contribution in [1.82, 2.24) is 0 Å². The summed E-state index contributed by atoms with van der Waals surface area (Å²) in [5.74, 6) is -1.13. The fourth-order valence-corrected chi connectivity index (χ4v) is 1.89. The molecule has 0 radical (unpaired) electrons. The number of carbonyl (C=O) groups is 1. The van der Waals surface area contributed by atoms with Gasteiger partial charge in [0.15, 0.2) is 11.1 Å². The molecule has 0 aromatic heterocycles. The molecule has 0 spiro atoms. The number of halogens is 1. The lowest BCUT2D eigenvalue weighted by Gasteiger charge is -1.99. The second-order valence-corrected chi connectivity index (χ2v) is 4.12. The van der Waals surface area contributed by atoms with Crippen molar-refractivity contribution < 1.29 is 18.7 Å². The SMILES string of the molecule is O=C(O)c1cc(Br)cc(S(=O)O)c1. The minimum atomic E-state index is -2.16. The van der Waals surface area contributed by atoms with Crippen LogP contribution in [0.15, 0.2) is 27.6 Å². The van der Waals surface area contributed by atoms with E-state index in [0.717, 1.165) is 6.07 Å². The van der Waals surface area contributed by atoms with Crippen LogP contribution in [0.4, 0.5) is 0 Å². The topological polar surface area (TPSA) is 74.6 Å². The Labute approximate surface area is 85.0 Å². The third-order valence-electron chi connectivity index (χ3n) is 1.32. The summed E-state index contributed by atoms with van der Waals surface area (Å²) in [4.78, 5) is 10.6. The first kappa shape index (κ1) is 10.4. The van der Waals surface area contributed by atoms with Crippen LogP contribution in [-0.4, -0.2) is 19.8 Å². The highest BCUT2D eigenvalue weighted by molar-refractivity contribution is 9.10. The van der Waals surface area contributed by atoms with E-state index in [-0.39, 0.29) is 10.5 Å². The van der Waals surface area contributed by atoms with Crippen LogP contribution < -0.4 is 0 Å². The Morgan fingerprint density at radius 3 is 2.46 bits per heavy atom. The third-order valence-corrected chi connectivity index (χ3v) is 2.42. The summed E-state index contributed by atoms with van der Waals surface area (Å²) >= 11 is 0.881. The van der Waals surface area contributed by atoms with Gasteiger partial charge < -0.3 is 9.66 Å². The first-order chi connectivity index (χ1) is 6.00. The van der Waals surface area contributed by atoms with Crippen molar-refractivity contribution in [2.24, 2.45) is 0 Å². The number of aromatic carboxylic acids is 1. The number of carboxylic acids is 1. The Hall–Kier alpha value is -0.720. The average Bonchev–Trinajstić information content (AvgIpc) is 2.03. The van der Waals surface area contributed by atoms with Crippen molar-refractivity contribution in [3.63, 3.8) is 0 Å². The van der Waals surface area contributed by atoms with E-state index in [1.807, 2.05) is 0 Å². The molecule has 0 aliphatic carbocycles. The highest BCUT2D eigenvalue weighted by Crippen LogP contribution is 2.17. The fourth-order valence-electron chi connectivity index (χ4n) is 0.787. The van der Waals surface area contributed by atoms with Gasteiger partial charge >= 0.3 is 5.97 Å². The van der Waals surface area contributed by atoms with Crippen molar-refractivity contribution in [2.75, 3.05) is 0 Å². The standard InChI is InChI=1S/C7H5BrO4S/c8-5-1-4(7(9)10)2-6(3-5)13(11)12/h1-3H,(H,9,10)(H,11,12).